The Morgan fingerprint density at radius 1 is 1.30 bits per heavy atom. The molecule has 1 saturated heterocycles. The number of nitrogens with one attached hydrogen (secondary N) is 1. The zero-order valence-electron chi connectivity index (χ0n) is 17.6. The Kier molecular flexibility index (Phi) is 5.87. The monoisotopic (exact) mass is 428 g/mol. The van der Waals surface area contributed by atoms with Gasteiger partial charge in [0.25, 0.3) is 0 Å². The fraction of sp³-hybridized carbons (Fsp3) is 0.522. The van der Waals surface area contributed by atoms with Crippen LogP contribution in [0, 0.1) is 5.92 Å². The predicted octanol–water partition coefficient (Wildman–Crippen LogP) is 3.61. The third-order valence-electron chi connectivity index (χ3n) is 6.86. The highest BCUT2D eigenvalue weighted by molar-refractivity contribution is 6.30. The molecule has 2 fully saturated rings. The molecule has 1 aromatic carbocycles. The molecule has 4 rings (SSSR count). The molecular weight excluding hydrogens is 400 g/mol. The SMILES string of the molecule is CN1C(=O)CCC(C(=O)NCC2(c3cccc(Cl)c3)CCCC2)C1c1cnn(C)c1. The second kappa shape index (κ2) is 8.42. The van der Waals surface area contributed by atoms with Gasteiger partial charge in [0.15, 0.2) is 0 Å². The summed E-state index contributed by atoms with van der Waals surface area (Å²) in [6.07, 6.45) is 8.99. The molecule has 2 unspecified atom stereocenters. The molecule has 0 radical (unpaired) electrons. The normalized spacial score (nSPS) is 23.6. The molecule has 2 atom stereocenters. The quantitative estimate of drug-likeness (QED) is 0.791. The van der Waals surface area contributed by atoms with Crippen LogP contribution in [0.5, 0.6) is 0 Å². The lowest BCUT2D eigenvalue weighted by Gasteiger charge is -2.38. The summed E-state index contributed by atoms with van der Waals surface area (Å²) in [4.78, 5) is 27.4. The van der Waals surface area contributed by atoms with Gasteiger partial charge in [-0.3, -0.25) is 14.3 Å². The van der Waals surface area contributed by atoms with Crippen LogP contribution < -0.4 is 5.32 Å². The molecule has 1 N–H and O–H groups in total. The lowest BCUT2D eigenvalue weighted by atomic mass is 9.78. The minimum Gasteiger partial charge on any atom is -0.355 e. The van der Waals surface area contributed by atoms with Crippen molar-refractivity contribution in [2.45, 2.75) is 50.0 Å². The molecule has 30 heavy (non-hydrogen) atoms. The van der Waals surface area contributed by atoms with E-state index in [-0.39, 0.29) is 29.2 Å². The molecule has 6 nitrogen and oxygen atoms in total. The van der Waals surface area contributed by atoms with E-state index in [0.717, 1.165) is 36.3 Å². The van der Waals surface area contributed by atoms with Crippen LogP contribution in [0.25, 0.3) is 0 Å². The van der Waals surface area contributed by atoms with Crippen LogP contribution in [0.2, 0.25) is 5.02 Å². The minimum atomic E-state index is -0.286. The van der Waals surface area contributed by atoms with Crippen LogP contribution in [0.15, 0.2) is 36.7 Å². The average Bonchev–Trinajstić information content (AvgIpc) is 3.38. The first kappa shape index (κ1) is 20.9. The van der Waals surface area contributed by atoms with Crippen molar-refractivity contribution in [2.75, 3.05) is 13.6 Å². The first-order valence-corrected chi connectivity index (χ1v) is 11.1. The summed E-state index contributed by atoms with van der Waals surface area (Å²) in [5, 5.41) is 8.23. The van der Waals surface area contributed by atoms with E-state index in [0.29, 0.717) is 19.4 Å². The van der Waals surface area contributed by atoms with Crippen LogP contribution in [-0.2, 0) is 22.1 Å². The molecule has 1 aliphatic carbocycles. The fourth-order valence-corrected chi connectivity index (χ4v) is 5.38. The molecule has 7 heteroatoms. The number of halogens is 1. The van der Waals surface area contributed by atoms with Gasteiger partial charge in [-0.25, -0.2) is 0 Å². The first-order chi connectivity index (χ1) is 14.4. The van der Waals surface area contributed by atoms with E-state index in [9.17, 15) is 9.59 Å². The van der Waals surface area contributed by atoms with Gasteiger partial charge in [-0.15, -0.1) is 0 Å². The van der Waals surface area contributed by atoms with Crippen molar-refractivity contribution in [3.63, 3.8) is 0 Å². The lowest BCUT2D eigenvalue weighted by molar-refractivity contribution is -0.141. The number of hydrogen-bond donors (Lipinski definition) is 1. The number of hydrogen-bond acceptors (Lipinski definition) is 3. The van der Waals surface area contributed by atoms with Crippen LogP contribution >= 0.6 is 11.6 Å². The van der Waals surface area contributed by atoms with Gasteiger partial charge in [0.2, 0.25) is 11.8 Å². The van der Waals surface area contributed by atoms with Crippen LogP contribution in [0.4, 0.5) is 0 Å². The number of piperidine rings is 1. The fourth-order valence-electron chi connectivity index (χ4n) is 5.19. The number of nitrogens with zero attached hydrogens (tertiary/aromatic N) is 3. The number of carbonyl (C=O) groups excluding carboxylic acids is 2. The standard InChI is InChI=1S/C23H29ClN4O2/c1-27-14-16(13-26-27)21-19(8-9-20(29)28(21)2)22(30)25-15-23(10-3-4-11-23)17-6-5-7-18(24)12-17/h5-7,12-14,19,21H,3-4,8-11,15H2,1-2H3,(H,25,30). The Hall–Kier alpha value is -2.34. The maximum atomic E-state index is 13.3. The maximum Gasteiger partial charge on any atom is 0.225 e. The van der Waals surface area contributed by atoms with Gasteiger partial charge in [-0.1, -0.05) is 36.6 Å². The van der Waals surface area contributed by atoms with Gasteiger partial charge in [0.05, 0.1) is 18.2 Å². The van der Waals surface area contributed by atoms with Crippen LogP contribution in [0.3, 0.4) is 0 Å². The van der Waals surface area contributed by atoms with Gasteiger partial charge in [-0.05, 0) is 37.0 Å². The van der Waals surface area contributed by atoms with E-state index >= 15 is 0 Å². The average molecular weight is 429 g/mol. The maximum absolute atomic E-state index is 13.3. The third kappa shape index (κ3) is 3.97. The number of aromatic nitrogens is 2. The van der Waals surface area contributed by atoms with Gasteiger partial charge in [0, 0.05) is 49.3 Å². The van der Waals surface area contributed by atoms with Crippen molar-refractivity contribution in [3.05, 3.63) is 52.8 Å². The number of likely N-dealkylation sites (tertiary alicyclic amines) is 1. The van der Waals surface area contributed by atoms with Crippen LogP contribution in [0.1, 0.15) is 55.7 Å². The van der Waals surface area contributed by atoms with Gasteiger partial charge in [0.1, 0.15) is 0 Å². The van der Waals surface area contributed by atoms with E-state index in [2.05, 4.69) is 16.5 Å². The molecule has 2 amide bonds. The number of rotatable bonds is 5. The Balaban J connectivity index is 1.53. The summed E-state index contributed by atoms with van der Waals surface area (Å²) in [6.45, 7) is 0.597. The number of benzene rings is 1. The topological polar surface area (TPSA) is 67.2 Å². The van der Waals surface area contributed by atoms with Crippen LogP contribution in [-0.4, -0.2) is 40.1 Å². The highest BCUT2D eigenvalue weighted by Crippen LogP contribution is 2.42. The molecule has 2 aliphatic rings. The van der Waals surface area contributed by atoms with Crippen molar-refractivity contribution in [1.29, 1.82) is 0 Å². The third-order valence-corrected chi connectivity index (χ3v) is 7.10. The van der Waals surface area contributed by atoms with Crippen molar-refractivity contribution in [1.82, 2.24) is 20.0 Å². The Morgan fingerprint density at radius 2 is 2.07 bits per heavy atom. The van der Waals surface area contributed by atoms with Crippen molar-refractivity contribution < 1.29 is 9.59 Å². The van der Waals surface area contributed by atoms with Crippen molar-refractivity contribution >= 4 is 23.4 Å². The summed E-state index contributed by atoms with van der Waals surface area (Å²) < 4.78 is 1.71. The van der Waals surface area contributed by atoms with Gasteiger partial charge < -0.3 is 10.2 Å². The number of carbonyl (C=O) groups is 2. The highest BCUT2D eigenvalue weighted by Gasteiger charge is 2.41. The summed E-state index contributed by atoms with van der Waals surface area (Å²) in [5.41, 5.74) is 2.03. The minimum absolute atomic E-state index is 0.0107. The zero-order chi connectivity index (χ0) is 21.3. The molecular formula is C23H29ClN4O2. The second-order valence-corrected chi connectivity index (χ2v) is 9.19. The summed E-state index contributed by atoms with van der Waals surface area (Å²) in [7, 11) is 3.63. The number of aryl methyl sites for hydroxylation is 1. The molecule has 2 heterocycles. The summed E-state index contributed by atoms with van der Waals surface area (Å²) in [5.74, 6) is -0.203. The molecule has 0 bridgehead atoms. The molecule has 2 aromatic rings. The molecule has 1 aromatic heterocycles. The molecule has 0 spiro atoms. The van der Waals surface area contributed by atoms with E-state index in [1.54, 1.807) is 22.8 Å². The van der Waals surface area contributed by atoms with E-state index < -0.39 is 0 Å². The van der Waals surface area contributed by atoms with Crippen molar-refractivity contribution in [2.24, 2.45) is 13.0 Å². The molecule has 160 valence electrons. The van der Waals surface area contributed by atoms with Gasteiger partial charge >= 0.3 is 0 Å². The smallest absolute Gasteiger partial charge is 0.225 e. The number of amides is 2. The highest BCUT2D eigenvalue weighted by atomic mass is 35.5. The largest absolute Gasteiger partial charge is 0.355 e. The van der Waals surface area contributed by atoms with E-state index in [1.807, 2.05) is 31.4 Å². The Morgan fingerprint density at radius 3 is 2.73 bits per heavy atom. The Labute approximate surface area is 182 Å². The second-order valence-electron chi connectivity index (χ2n) is 8.76. The van der Waals surface area contributed by atoms with E-state index in [1.165, 1.54) is 5.56 Å². The molecule has 1 saturated carbocycles. The Bertz CT molecular complexity index is 935. The molecule has 1 aliphatic heterocycles. The predicted molar refractivity (Wildman–Crippen MR) is 116 cm³/mol. The lowest BCUT2D eigenvalue weighted by Crippen LogP contribution is -2.48. The summed E-state index contributed by atoms with van der Waals surface area (Å²) >= 11 is 6.26. The van der Waals surface area contributed by atoms with Gasteiger partial charge in [-0.2, -0.15) is 5.10 Å². The first-order valence-electron chi connectivity index (χ1n) is 10.7. The van der Waals surface area contributed by atoms with E-state index in [4.69, 9.17) is 11.6 Å². The summed E-state index contributed by atoms with van der Waals surface area (Å²) in [6, 6.07) is 7.74. The zero-order valence-corrected chi connectivity index (χ0v) is 18.4. The van der Waals surface area contributed by atoms with Crippen molar-refractivity contribution in [3.8, 4) is 0 Å².